The van der Waals surface area contributed by atoms with Crippen LogP contribution in [-0.2, 0) is 4.79 Å². The molecule has 6 nitrogen and oxygen atoms in total. The average molecular weight is 404 g/mol. The Hall–Kier alpha value is -2.34. The zero-order valence-corrected chi connectivity index (χ0v) is 17.1. The maximum atomic E-state index is 12.7. The first kappa shape index (κ1) is 20.4. The lowest BCUT2D eigenvalue weighted by Gasteiger charge is -2.32. The second-order valence-electron chi connectivity index (χ2n) is 7.27. The van der Waals surface area contributed by atoms with Gasteiger partial charge in [-0.1, -0.05) is 42.2 Å². The van der Waals surface area contributed by atoms with Crippen molar-refractivity contribution in [1.29, 1.82) is 0 Å². The Morgan fingerprint density at radius 2 is 2.04 bits per heavy atom. The first-order chi connectivity index (χ1) is 13.5. The van der Waals surface area contributed by atoms with Crippen molar-refractivity contribution in [3.63, 3.8) is 0 Å². The van der Waals surface area contributed by atoms with Gasteiger partial charge in [0.25, 0.3) is 5.91 Å². The second kappa shape index (κ2) is 9.24. The molecular formula is C21H26ClN3O3. The van der Waals surface area contributed by atoms with E-state index in [1.807, 2.05) is 24.1 Å². The van der Waals surface area contributed by atoms with Crippen molar-refractivity contribution in [3.05, 3.63) is 41.0 Å². The lowest BCUT2D eigenvalue weighted by atomic mass is 9.95. The van der Waals surface area contributed by atoms with E-state index < -0.39 is 0 Å². The first-order valence-corrected chi connectivity index (χ1v) is 10.1. The molecule has 0 saturated carbocycles. The van der Waals surface area contributed by atoms with Crippen LogP contribution >= 0.6 is 11.6 Å². The molecule has 0 bridgehead atoms. The minimum absolute atomic E-state index is 0.00904. The van der Waals surface area contributed by atoms with E-state index in [1.165, 1.54) is 0 Å². The summed E-state index contributed by atoms with van der Waals surface area (Å²) in [5.74, 6) is 0.520. The van der Waals surface area contributed by atoms with Gasteiger partial charge in [-0.05, 0) is 31.4 Å². The Morgan fingerprint density at radius 3 is 2.71 bits per heavy atom. The summed E-state index contributed by atoms with van der Waals surface area (Å²) in [7, 11) is 1.86. The minimum atomic E-state index is -0.165. The Morgan fingerprint density at radius 1 is 1.29 bits per heavy atom. The highest BCUT2D eigenvalue weighted by Crippen LogP contribution is 2.25. The van der Waals surface area contributed by atoms with E-state index in [9.17, 15) is 9.59 Å². The smallest absolute Gasteiger partial charge is 0.276 e. The van der Waals surface area contributed by atoms with Crippen molar-refractivity contribution in [1.82, 2.24) is 15.0 Å². The van der Waals surface area contributed by atoms with Crippen LogP contribution in [-0.4, -0.2) is 53.5 Å². The molecule has 2 aromatic rings. The Balaban J connectivity index is 1.58. The SMILES string of the molecule is CCCCN(C)C(=O)C1CCN(C(=O)c2cc(-c3cccc(Cl)c3)on2)CC1. The molecule has 150 valence electrons. The first-order valence-electron chi connectivity index (χ1n) is 9.76. The van der Waals surface area contributed by atoms with Crippen LogP contribution in [0.25, 0.3) is 11.3 Å². The van der Waals surface area contributed by atoms with Gasteiger partial charge in [0.2, 0.25) is 5.91 Å². The number of benzene rings is 1. The third-order valence-corrected chi connectivity index (χ3v) is 5.43. The zero-order chi connectivity index (χ0) is 20.1. The topological polar surface area (TPSA) is 66.7 Å². The summed E-state index contributed by atoms with van der Waals surface area (Å²) < 4.78 is 5.33. The molecule has 1 aliphatic rings. The van der Waals surface area contributed by atoms with Crippen molar-refractivity contribution >= 4 is 23.4 Å². The number of amides is 2. The molecule has 0 spiro atoms. The number of rotatable bonds is 6. The molecule has 0 aliphatic carbocycles. The maximum absolute atomic E-state index is 12.7. The van der Waals surface area contributed by atoms with Crippen LogP contribution in [0.2, 0.25) is 5.02 Å². The van der Waals surface area contributed by atoms with E-state index in [-0.39, 0.29) is 23.4 Å². The van der Waals surface area contributed by atoms with Crippen LogP contribution in [0, 0.1) is 5.92 Å². The number of halogens is 1. The van der Waals surface area contributed by atoms with Crippen molar-refractivity contribution < 1.29 is 14.1 Å². The van der Waals surface area contributed by atoms with Gasteiger partial charge >= 0.3 is 0 Å². The number of carbonyl (C=O) groups is 2. The number of nitrogens with zero attached hydrogens (tertiary/aromatic N) is 3. The standard InChI is InChI=1S/C21H26ClN3O3/c1-3-4-10-24(2)20(26)15-8-11-25(12-9-15)21(27)18-14-19(28-23-18)16-6-5-7-17(22)13-16/h5-7,13-15H,3-4,8-12H2,1-2H3. The highest BCUT2D eigenvalue weighted by molar-refractivity contribution is 6.30. The van der Waals surface area contributed by atoms with E-state index in [2.05, 4.69) is 12.1 Å². The number of hydrogen-bond donors (Lipinski definition) is 0. The summed E-state index contributed by atoms with van der Waals surface area (Å²) in [5.41, 5.74) is 1.05. The molecule has 1 aromatic heterocycles. The lowest BCUT2D eigenvalue weighted by Crippen LogP contribution is -2.43. The molecule has 0 radical (unpaired) electrons. The molecule has 2 heterocycles. The zero-order valence-electron chi connectivity index (χ0n) is 16.4. The van der Waals surface area contributed by atoms with E-state index >= 15 is 0 Å². The fourth-order valence-electron chi connectivity index (χ4n) is 3.46. The Kier molecular flexibility index (Phi) is 6.73. The van der Waals surface area contributed by atoms with E-state index in [0.29, 0.717) is 36.7 Å². The summed E-state index contributed by atoms with van der Waals surface area (Å²) in [5, 5.41) is 4.52. The summed E-state index contributed by atoms with van der Waals surface area (Å²) in [6.07, 6.45) is 3.44. The Bertz CT molecular complexity index is 828. The van der Waals surface area contributed by atoms with Crippen molar-refractivity contribution in [2.75, 3.05) is 26.7 Å². The molecule has 7 heteroatoms. The molecule has 1 aliphatic heterocycles. The van der Waals surface area contributed by atoms with Crippen LogP contribution in [0.15, 0.2) is 34.9 Å². The van der Waals surface area contributed by atoms with Gasteiger partial charge in [-0.3, -0.25) is 9.59 Å². The summed E-state index contributed by atoms with van der Waals surface area (Å²) in [4.78, 5) is 28.8. The summed E-state index contributed by atoms with van der Waals surface area (Å²) >= 11 is 6.01. The number of piperidine rings is 1. The van der Waals surface area contributed by atoms with Crippen molar-refractivity contribution in [3.8, 4) is 11.3 Å². The van der Waals surface area contributed by atoms with E-state index in [4.69, 9.17) is 16.1 Å². The number of carbonyl (C=O) groups excluding carboxylic acids is 2. The van der Waals surface area contributed by atoms with Gasteiger partial charge in [0.15, 0.2) is 11.5 Å². The van der Waals surface area contributed by atoms with Gasteiger partial charge in [0.1, 0.15) is 0 Å². The number of likely N-dealkylation sites (tertiary alicyclic amines) is 1. The molecule has 2 amide bonds. The minimum Gasteiger partial charge on any atom is -0.355 e. The predicted molar refractivity (Wildman–Crippen MR) is 108 cm³/mol. The molecular weight excluding hydrogens is 378 g/mol. The normalized spacial score (nSPS) is 14.9. The van der Waals surface area contributed by atoms with Crippen LogP contribution in [0.4, 0.5) is 0 Å². The molecule has 1 fully saturated rings. The lowest BCUT2D eigenvalue weighted by molar-refractivity contribution is -0.135. The summed E-state index contributed by atoms with van der Waals surface area (Å²) in [6, 6.07) is 8.86. The fourth-order valence-corrected chi connectivity index (χ4v) is 3.65. The molecule has 0 N–H and O–H groups in total. The van der Waals surface area contributed by atoms with Gasteiger partial charge in [-0.2, -0.15) is 0 Å². The largest absolute Gasteiger partial charge is 0.355 e. The molecule has 3 rings (SSSR count). The van der Waals surface area contributed by atoms with Gasteiger partial charge in [-0.15, -0.1) is 0 Å². The van der Waals surface area contributed by atoms with Crippen LogP contribution in [0.5, 0.6) is 0 Å². The van der Waals surface area contributed by atoms with Gasteiger partial charge in [0.05, 0.1) is 0 Å². The maximum Gasteiger partial charge on any atom is 0.276 e. The summed E-state index contributed by atoms with van der Waals surface area (Å²) in [6.45, 7) is 4.01. The van der Waals surface area contributed by atoms with Gasteiger partial charge in [-0.25, -0.2) is 0 Å². The number of aromatic nitrogens is 1. The highest BCUT2D eigenvalue weighted by Gasteiger charge is 2.30. The second-order valence-corrected chi connectivity index (χ2v) is 7.70. The van der Waals surface area contributed by atoms with Crippen LogP contribution in [0.3, 0.4) is 0 Å². The predicted octanol–water partition coefficient (Wildman–Crippen LogP) is 4.11. The molecule has 0 atom stereocenters. The monoisotopic (exact) mass is 403 g/mol. The van der Waals surface area contributed by atoms with E-state index in [1.54, 1.807) is 23.1 Å². The van der Waals surface area contributed by atoms with E-state index in [0.717, 1.165) is 24.9 Å². The van der Waals surface area contributed by atoms with Gasteiger partial charge < -0.3 is 14.3 Å². The molecule has 1 saturated heterocycles. The molecule has 0 unspecified atom stereocenters. The fraction of sp³-hybridized carbons (Fsp3) is 0.476. The third-order valence-electron chi connectivity index (χ3n) is 5.19. The highest BCUT2D eigenvalue weighted by atomic mass is 35.5. The van der Waals surface area contributed by atoms with Crippen LogP contribution in [0.1, 0.15) is 43.1 Å². The number of hydrogen-bond acceptors (Lipinski definition) is 4. The quantitative estimate of drug-likeness (QED) is 0.728. The molecule has 28 heavy (non-hydrogen) atoms. The average Bonchev–Trinajstić information content (AvgIpc) is 3.21. The Labute approximate surface area is 170 Å². The van der Waals surface area contributed by atoms with Crippen molar-refractivity contribution in [2.24, 2.45) is 5.92 Å². The third kappa shape index (κ3) is 4.73. The van der Waals surface area contributed by atoms with Crippen molar-refractivity contribution in [2.45, 2.75) is 32.6 Å². The number of unbranched alkanes of at least 4 members (excludes halogenated alkanes) is 1. The van der Waals surface area contributed by atoms with Crippen LogP contribution < -0.4 is 0 Å². The van der Waals surface area contributed by atoms with Gasteiger partial charge in [0, 0.05) is 49.3 Å². The molecule has 1 aromatic carbocycles.